The number of aromatic nitrogens is 2. The van der Waals surface area contributed by atoms with Crippen LogP contribution < -0.4 is 0 Å². The first kappa shape index (κ1) is 14.3. The number of rotatable bonds is 3. The molecule has 0 amide bonds. The lowest BCUT2D eigenvalue weighted by molar-refractivity contribution is 1.25. The van der Waals surface area contributed by atoms with Crippen molar-refractivity contribution in [3.63, 3.8) is 0 Å². The number of thiophene rings is 2. The molecule has 0 aliphatic heterocycles. The number of aryl methyl sites for hydroxylation is 1. The normalized spacial score (nSPS) is 10.8. The molecule has 0 fully saturated rings. The van der Waals surface area contributed by atoms with Gasteiger partial charge in [-0.2, -0.15) is 0 Å². The highest BCUT2D eigenvalue weighted by molar-refractivity contribution is 7.13. The molecule has 0 saturated heterocycles. The molecule has 0 aromatic carbocycles. The minimum absolute atomic E-state index is 0.908. The Morgan fingerprint density at radius 2 is 1.48 bits per heavy atom. The summed E-state index contributed by atoms with van der Waals surface area (Å²) < 4.78 is 0. The first-order valence-corrected chi connectivity index (χ1v) is 9.07. The van der Waals surface area contributed by atoms with E-state index < -0.39 is 0 Å². The maximum atomic E-state index is 4.51. The fraction of sp³-hybridized carbons (Fsp3) is 0.0526. The standard InChI is InChI=1S/C19H14N2S2/c1-13-9-19(23-12-13)15-5-7-21-17(11-15)16-10-14(4-6-20-16)18-3-2-8-22-18/h2-12H,1H3. The zero-order chi connectivity index (χ0) is 15.6. The van der Waals surface area contributed by atoms with Crippen LogP contribution in [0.1, 0.15) is 5.56 Å². The van der Waals surface area contributed by atoms with Gasteiger partial charge in [-0.15, -0.1) is 22.7 Å². The fourth-order valence-corrected chi connectivity index (χ4v) is 4.10. The van der Waals surface area contributed by atoms with E-state index in [1.165, 1.54) is 26.4 Å². The molecule has 0 aliphatic rings. The second-order valence-corrected chi connectivity index (χ2v) is 7.18. The zero-order valence-electron chi connectivity index (χ0n) is 12.6. The van der Waals surface area contributed by atoms with Crippen molar-refractivity contribution in [2.75, 3.05) is 0 Å². The minimum atomic E-state index is 0.908. The van der Waals surface area contributed by atoms with Crippen molar-refractivity contribution in [1.29, 1.82) is 0 Å². The summed E-state index contributed by atoms with van der Waals surface area (Å²) in [5.74, 6) is 0. The van der Waals surface area contributed by atoms with Gasteiger partial charge in [-0.1, -0.05) is 6.07 Å². The largest absolute Gasteiger partial charge is 0.255 e. The van der Waals surface area contributed by atoms with Crippen LogP contribution >= 0.6 is 22.7 Å². The molecule has 112 valence electrons. The molecule has 4 heteroatoms. The fourth-order valence-electron chi connectivity index (χ4n) is 2.47. The van der Waals surface area contributed by atoms with Crippen LogP contribution in [-0.2, 0) is 0 Å². The van der Waals surface area contributed by atoms with E-state index in [1.807, 2.05) is 18.5 Å². The number of hydrogen-bond acceptors (Lipinski definition) is 4. The molecular weight excluding hydrogens is 320 g/mol. The molecular formula is C19H14N2S2. The molecule has 0 radical (unpaired) electrons. The van der Waals surface area contributed by atoms with Crippen molar-refractivity contribution in [1.82, 2.24) is 9.97 Å². The van der Waals surface area contributed by atoms with Crippen LogP contribution in [0.3, 0.4) is 0 Å². The predicted molar refractivity (Wildman–Crippen MR) is 98.8 cm³/mol. The monoisotopic (exact) mass is 334 g/mol. The quantitative estimate of drug-likeness (QED) is 0.465. The molecule has 4 rings (SSSR count). The van der Waals surface area contributed by atoms with Crippen LogP contribution in [0.15, 0.2) is 65.6 Å². The van der Waals surface area contributed by atoms with Crippen molar-refractivity contribution >= 4 is 22.7 Å². The van der Waals surface area contributed by atoms with E-state index >= 15 is 0 Å². The van der Waals surface area contributed by atoms with Crippen LogP contribution in [-0.4, -0.2) is 9.97 Å². The Kier molecular flexibility index (Phi) is 3.77. The van der Waals surface area contributed by atoms with Gasteiger partial charge in [0.1, 0.15) is 0 Å². The molecule has 4 aromatic rings. The second-order valence-electron chi connectivity index (χ2n) is 5.33. The molecule has 0 bridgehead atoms. The van der Waals surface area contributed by atoms with Crippen LogP contribution in [0.4, 0.5) is 0 Å². The lowest BCUT2D eigenvalue weighted by Crippen LogP contribution is -1.88. The molecule has 4 aromatic heterocycles. The van der Waals surface area contributed by atoms with Crippen molar-refractivity contribution in [2.24, 2.45) is 0 Å². The third kappa shape index (κ3) is 2.96. The third-order valence-corrected chi connectivity index (χ3v) is 5.62. The number of pyridine rings is 2. The van der Waals surface area contributed by atoms with E-state index in [-0.39, 0.29) is 0 Å². The highest BCUT2D eigenvalue weighted by Crippen LogP contribution is 2.31. The molecule has 2 nitrogen and oxygen atoms in total. The van der Waals surface area contributed by atoms with Gasteiger partial charge in [0.05, 0.1) is 11.4 Å². The summed E-state index contributed by atoms with van der Waals surface area (Å²) in [6, 6.07) is 14.7. The smallest absolute Gasteiger partial charge is 0.0892 e. The van der Waals surface area contributed by atoms with E-state index in [2.05, 4.69) is 64.1 Å². The maximum Gasteiger partial charge on any atom is 0.0892 e. The van der Waals surface area contributed by atoms with Crippen LogP contribution in [0.25, 0.3) is 32.3 Å². The first-order valence-electron chi connectivity index (χ1n) is 7.31. The Labute approximate surface area is 143 Å². The Morgan fingerprint density at radius 3 is 2.04 bits per heavy atom. The summed E-state index contributed by atoms with van der Waals surface area (Å²) in [7, 11) is 0. The third-order valence-electron chi connectivity index (χ3n) is 3.60. The van der Waals surface area contributed by atoms with Gasteiger partial charge in [-0.25, -0.2) is 0 Å². The lowest BCUT2D eigenvalue weighted by Gasteiger charge is -2.05. The first-order chi connectivity index (χ1) is 11.3. The van der Waals surface area contributed by atoms with Gasteiger partial charge in [0.25, 0.3) is 0 Å². The Hall–Kier alpha value is -2.30. The van der Waals surface area contributed by atoms with Crippen molar-refractivity contribution < 1.29 is 0 Å². The summed E-state index contributed by atoms with van der Waals surface area (Å²) in [6.07, 6.45) is 3.72. The van der Waals surface area contributed by atoms with Gasteiger partial charge in [0, 0.05) is 22.1 Å². The average molecular weight is 334 g/mol. The minimum Gasteiger partial charge on any atom is -0.255 e. The highest BCUT2D eigenvalue weighted by Gasteiger charge is 2.07. The maximum absolute atomic E-state index is 4.51. The molecule has 23 heavy (non-hydrogen) atoms. The molecule has 0 spiro atoms. The van der Waals surface area contributed by atoms with Gasteiger partial charge in [0.15, 0.2) is 0 Å². The van der Waals surface area contributed by atoms with Crippen molar-refractivity contribution in [2.45, 2.75) is 6.92 Å². The van der Waals surface area contributed by atoms with Gasteiger partial charge in [0.2, 0.25) is 0 Å². The van der Waals surface area contributed by atoms with Crippen LogP contribution in [0.2, 0.25) is 0 Å². The lowest BCUT2D eigenvalue weighted by atomic mass is 10.1. The van der Waals surface area contributed by atoms with E-state index in [9.17, 15) is 0 Å². The summed E-state index contributed by atoms with van der Waals surface area (Å²) in [5, 5.41) is 4.26. The highest BCUT2D eigenvalue weighted by atomic mass is 32.1. The van der Waals surface area contributed by atoms with E-state index in [1.54, 1.807) is 22.7 Å². The van der Waals surface area contributed by atoms with Gasteiger partial charge in [-0.3, -0.25) is 9.97 Å². The van der Waals surface area contributed by atoms with E-state index in [4.69, 9.17) is 0 Å². The topological polar surface area (TPSA) is 25.8 Å². The molecule has 0 atom stereocenters. The van der Waals surface area contributed by atoms with Gasteiger partial charge in [-0.05, 0) is 70.8 Å². The number of hydrogen-bond donors (Lipinski definition) is 0. The summed E-state index contributed by atoms with van der Waals surface area (Å²) in [6.45, 7) is 2.12. The van der Waals surface area contributed by atoms with Gasteiger partial charge >= 0.3 is 0 Å². The van der Waals surface area contributed by atoms with Crippen LogP contribution in [0.5, 0.6) is 0 Å². The van der Waals surface area contributed by atoms with Crippen LogP contribution in [0, 0.1) is 6.92 Å². The second kappa shape index (κ2) is 6.07. The molecule has 0 N–H and O–H groups in total. The SMILES string of the molecule is Cc1csc(-c2ccnc(-c3cc(-c4cccs4)ccn3)c2)c1. The molecule has 0 saturated carbocycles. The van der Waals surface area contributed by atoms with E-state index in [0.717, 1.165) is 11.4 Å². The molecule has 4 heterocycles. The Balaban J connectivity index is 1.75. The Bertz CT molecular complexity index is 939. The average Bonchev–Trinajstić information content (AvgIpc) is 3.27. The summed E-state index contributed by atoms with van der Waals surface area (Å²) in [4.78, 5) is 11.5. The van der Waals surface area contributed by atoms with Crippen molar-refractivity contribution in [3.05, 3.63) is 71.2 Å². The summed E-state index contributed by atoms with van der Waals surface area (Å²) in [5.41, 5.74) is 5.49. The summed E-state index contributed by atoms with van der Waals surface area (Å²) >= 11 is 3.50. The van der Waals surface area contributed by atoms with Crippen molar-refractivity contribution in [3.8, 4) is 32.3 Å². The van der Waals surface area contributed by atoms with E-state index in [0.29, 0.717) is 0 Å². The number of nitrogens with zero attached hydrogens (tertiary/aromatic N) is 2. The zero-order valence-corrected chi connectivity index (χ0v) is 14.2. The Morgan fingerprint density at radius 1 is 0.783 bits per heavy atom. The predicted octanol–water partition coefficient (Wildman–Crippen LogP) is 5.91. The molecule has 0 aliphatic carbocycles. The molecule has 0 unspecified atom stereocenters. The van der Waals surface area contributed by atoms with Gasteiger partial charge < -0.3 is 0 Å².